The molecule has 2 aliphatic heterocycles. The molecule has 2 aliphatic rings. The highest BCUT2D eigenvalue weighted by Crippen LogP contribution is 2.28. The molecule has 0 amide bonds. The molecule has 6 nitrogen and oxygen atoms in total. The average Bonchev–Trinajstić information content (AvgIpc) is 3.06. The Bertz CT molecular complexity index is 579. The predicted molar refractivity (Wildman–Crippen MR) is 72.9 cm³/mol. The fraction of sp³-hybridized carbons (Fsp3) is 0.615. The van der Waals surface area contributed by atoms with Gasteiger partial charge in [0.2, 0.25) is 0 Å². The number of hydrogen-bond donors (Lipinski definition) is 2. The van der Waals surface area contributed by atoms with Gasteiger partial charge in [-0.3, -0.25) is 0 Å². The van der Waals surface area contributed by atoms with Crippen molar-refractivity contribution in [2.24, 2.45) is 0 Å². The summed E-state index contributed by atoms with van der Waals surface area (Å²) in [7, 11) is 0. The van der Waals surface area contributed by atoms with E-state index in [2.05, 4.69) is 30.2 Å². The molecule has 0 radical (unpaired) electrons. The van der Waals surface area contributed by atoms with E-state index in [-0.39, 0.29) is 0 Å². The molecular formula is C13H18N6. The average molecular weight is 258 g/mol. The number of aromatic amines is 1. The van der Waals surface area contributed by atoms with E-state index in [1.807, 2.05) is 0 Å². The van der Waals surface area contributed by atoms with Crippen molar-refractivity contribution in [3.63, 3.8) is 0 Å². The van der Waals surface area contributed by atoms with Gasteiger partial charge in [-0.15, -0.1) is 0 Å². The molecule has 2 N–H and O–H groups in total. The third-order valence-electron chi connectivity index (χ3n) is 4.38. The summed E-state index contributed by atoms with van der Waals surface area (Å²) in [6, 6.07) is 1.28. The number of nitrogens with one attached hydrogen (secondary N) is 2. The van der Waals surface area contributed by atoms with Crippen molar-refractivity contribution in [2.75, 3.05) is 18.4 Å². The van der Waals surface area contributed by atoms with Crippen molar-refractivity contribution in [1.29, 1.82) is 0 Å². The lowest BCUT2D eigenvalue weighted by molar-refractivity contribution is 0.188. The Morgan fingerprint density at radius 3 is 3.21 bits per heavy atom. The van der Waals surface area contributed by atoms with E-state index in [9.17, 15) is 0 Å². The third kappa shape index (κ3) is 1.96. The van der Waals surface area contributed by atoms with Crippen LogP contribution in [0.15, 0.2) is 12.7 Å². The molecule has 2 aromatic rings. The number of piperidine rings is 1. The number of rotatable bonds is 2. The highest BCUT2D eigenvalue weighted by Gasteiger charge is 2.31. The summed E-state index contributed by atoms with van der Waals surface area (Å²) < 4.78 is 0. The van der Waals surface area contributed by atoms with Crippen molar-refractivity contribution >= 4 is 17.0 Å². The highest BCUT2D eigenvalue weighted by atomic mass is 15.2. The van der Waals surface area contributed by atoms with Gasteiger partial charge in [-0.25, -0.2) is 15.0 Å². The molecule has 6 heteroatoms. The molecule has 2 atom stereocenters. The zero-order chi connectivity index (χ0) is 12.7. The summed E-state index contributed by atoms with van der Waals surface area (Å²) in [5.74, 6) is 0.888. The van der Waals surface area contributed by atoms with Crippen LogP contribution < -0.4 is 5.32 Å². The van der Waals surface area contributed by atoms with E-state index in [1.54, 1.807) is 12.7 Å². The Labute approximate surface area is 111 Å². The van der Waals surface area contributed by atoms with E-state index in [0.29, 0.717) is 6.04 Å². The maximum atomic E-state index is 4.35. The van der Waals surface area contributed by atoms with Crippen LogP contribution in [-0.2, 0) is 0 Å². The SMILES string of the molecule is c1nc(NC2CCN3CCCC3C2)c2[nH]cnc2n1. The third-order valence-corrected chi connectivity index (χ3v) is 4.38. The predicted octanol–water partition coefficient (Wildman–Crippen LogP) is 1.39. The maximum Gasteiger partial charge on any atom is 0.182 e. The minimum atomic E-state index is 0.515. The monoisotopic (exact) mass is 258 g/mol. The fourth-order valence-corrected chi connectivity index (χ4v) is 3.42. The molecule has 2 aromatic heterocycles. The highest BCUT2D eigenvalue weighted by molar-refractivity contribution is 5.82. The number of nitrogens with zero attached hydrogens (tertiary/aromatic N) is 4. The van der Waals surface area contributed by atoms with Gasteiger partial charge in [0.15, 0.2) is 11.5 Å². The van der Waals surface area contributed by atoms with E-state index in [1.165, 1.54) is 38.8 Å². The van der Waals surface area contributed by atoms with E-state index < -0.39 is 0 Å². The van der Waals surface area contributed by atoms with Crippen LogP contribution in [0.1, 0.15) is 25.7 Å². The molecule has 2 saturated heterocycles. The lowest BCUT2D eigenvalue weighted by Gasteiger charge is -2.35. The topological polar surface area (TPSA) is 69.7 Å². The van der Waals surface area contributed by atoms with Gasteiger partial charge in [0, 0.05) is 18.6 Å². The standard InChI is InChI=1S/C13H18N6/c1-2-10-6-9(3-5-19(10)4-1)18-13-11-12(15-7-14-11)16-8-17-13/h7-10H,1-6H2,(H2,14,15,16,17,18). The summed E-state index contributed by atoms with van der Waals surface area (Å²) in [6.07, 6.45) is 8.37. The zero-order valence-electron chi connectivity index (χ0n) is 10.8. The van der Waals surface area contributed by atoms with Crippen LogP contribution in [0.4, 0.5) is 5.82 Å². The largest absolute Gasteiger partial charge is 0.365 e. The van der Waals surface area contributed by atoms with E-state index >= 15 is 0 Å². The second kappa shape index (κ2) is 4.45. The van der Waals surface area contributed by atoms with Gasteiger partial charge < -0.3 is 15.2 Å². The van der Waals surface area contributed by atoms with Gasteiger partial charge in [0.05, 0.1) is 6.33 Å². The molecular weight excluding hydrogens is 240 g/mol. The maximum absolute atomic E-state index is 4.35. The molecule has 19 heavy (non-hydrogen) atoms. The van der Waals surface area contributed by atoms with Gasteiger partial charge in [-0.05, 0) is 32.2 Å². The zero-order valence-corrected chi connectivity index (χ0v) is 10.8. The Morgan fingerprint density at radius 2 is 2.21 bits per heavy atom. The number of aromatic nitrogens is 4. The van der Waals surface area contributed by atoms with Crippen molar-refractivity contribution < 1.29 is 0 Å². The van der Waals surface area contributed by atoms with Gasteiger partial charge in [0.1, 0.15) is 11.8 Å². The van der Waals surface area contributed by atoms with Gasteiger partial charge >= 0.3 is 0 Å². The first-order chi connectivity index (χ1) is 9.40. The number of H-pyrrole nitrogens is 1. The Morgan fingerprint density at radius 1 is 1.21 bits per heavy atom. The molecule has 4 heterocycles. The van der Waals surface area contributed by atoms with Crippen LogP contribution in [0.25, 0.3) is 11.2 Å². The number of anilines is 1. The molecule has 2 fully saturated rings. The summed E-state index contributed by atoms with van der Waals surface area (Å²) in [6.45, 7) is 2.50. The van der Waals surface area contributed by atoms with Crippen LogP contribution in [-0.4, -0.2) is 50.0 Å². The van der Waals surface area contributed by atoms with Crippen LogP contribution in [0, 0.1) is 0 Å². The summed E-state index contributed by atoms with van der Waals surface area (Å²) >= 11 is 0. The molecule has 0 bridgehead atoms. The molecule has 0 spiro atoms. The summed E-state index contributed by atoms with van der Waals surface area (Å²) in [4.78, 5) is 18.4. The van der Waals surface area contributed by atoms with Crippen molar-refractivity contribution in [1.82, 2.24) is 24.8 Å². The Hall–Kier alpha value is -1.69. The molecule has 100 valence electrons. The van der Waals surface area contributed by atoms with Crippen molar-refractivity contribution in [3.8, 4) is 0 Å². The fourth-order valence-electron chi connectivity index (χ4n) is 3.42. The Kier molecular flexibility index (Phi) is 2.61. The lowest BCUT2D eigenvalue weighted by atomic mass is 9.97. The molecule has 0 aliphatic carbocycles. The van der Waals surface area contributed by atoms with Crippen molar-refractivity contribution in [2.45, 2.75) is 37.8 Å². The quantitative estimate of drug-likeness (QED) is 0.852. The first-order valence-electron chi connectivity index (χ1n) is 7.05. The second-order valence-electron chi connectivity index (χ2n) is 5.52. The molecule has 4 rings (SSSR count). The van der Waals surface area contributed by atoms with E-state index in [0.717, 1.165) is 23.0 Å². The van der Waals surface area contributed by atoms with E-state index in [4.69, 9.17) is 0 Å². The van der Waals surface area contributed by atoms with Gasteiger partial charge in [0.25, 0.3) is 0 Å². The van der Waals surface area contributed by atoms with Gasteiger partial charge in [-0.2, -0.15) is 0 Å². The molecule has 2 unspecified atom stereocenters. The Balaban J connectivity index is 1.53. The van der Waals surface area contributed by atoms with Crippen LogP contribution in [0.3, 0.4) is 0 Å². The molecule has 0 saturated carbocycles. The number of fused-ring (bicyclic) bond motifs is 2. The minimum absolute atomic E-state index is 0.515. The lowest BCUT2D eigenvalue weighted by Crippen LogP contribution is -2.42. The number of hydrogen-bond acceptors (Lipinski definition) is 5. The summed E-state index contributed by atoms with van der Waals surface area (Å²) in [5, 5.41) is 3.57. The first kappa shape index (κ1) is 11.2. The minimum Gasteiger partial charge on any atom is -0.365 e. The number of imidazole rings is 1. The van der Waals surface area contributed by atoms with Crippen LogP contribution in [0.2, 0.25) is 0 Å². The summed E-state index contributed by atoms with van der Waals surface area (Å²) in [5.41, 5.74) is 1.65. The first-order valence-corrected chi connectivity index (χ1v) is 7.05. The smallest absolute Gasteiger partial charge is 0.182 e. The van der Waals surface area contributed by atoms with Crippen molar-refractivity contribution in [3.05, 3.63) is 12.7 Å². The molecule has 0 aromatic carbocycles. The van der Waals surface area contributed by atoms with Gasteiger partial charge in [-0.1, -0.05) is 0 Å². The van der Waals surface area contributed by atoms with Crippen LogP contribution in [0.5, 0.6) is 0 Å². The normalized spacial score (nSPS) is 27.6. The second-order valence-corrected chi connectivity index (χ2v) is 5.52. The van der Waals surface area contributed by atoms with Crippen LogP contribution >= 0.6 is 0 Å².